The number of halogens is 1. The Bertz CT molecular complexity index is 1130. The number of guanidine groups is 1. The van der Waals surface area contributed by atoms with Crippen molar-refractivity contribution >= 4 is 27.9 Å². The van der Waals surface area contributed by atoms with Crippen molar-refractivity contribution in [3.63, 3.8) is 0 Å². The van der Waals surface area contributed by atoms with E-state index in [-0.39, 0.29) is 5.82 Å². The first-order valence-corrected chi connectivity index (χ1v) is 9.84. The summed E-state index contributed by atoms with van der Waals surface area (Å²) in [5, 5.41) is 7.60. The lowest BCUT2D eigenvalue weighted by molar-refractivity contribution is 0.629. The fraction of sp³-hybridized carbons (Fsp3) is 0.273. The van der Waals surface area contributed by atoms with E-state index >= 15 is 0 Å². The van der Waals surface area contributed by atoms with Gasteiger partial charge in [-0.1, -0.05) is 12.1 Å². The number of hydrogen-bond donors (Lipinski definition) is 3. The van der Waals surface area contributed by atoms with Crippen molar-refractivity contribution in [2.24, 2.45) is 4.99 Å². The molecule has 0 radical (unpaired) electrons. The number of nitrogens with one attached hydrogen (secondary N) is 3. The quantitative estimate of drug-likeness (QED) is 0.256. The number of fused-ring (bicyclic) bond motifs is 2. The minimum Gasteiger partial charge on any atom is -0.361 e. The number of nitrogens with zero attached hydrogens (tertiary/aromatic N) is 3. The van der Waals surface area contributed by atoms with Crippen LogP contribution in [0.4, 0.5) is 4.39 Å². The molecule has 4 aromatic rings. The number of rotatable bonds is 7. The topological polar surface area (TPSA) is 70.0 Å². The van der Waals surface area contributed by atoms with Crippen LogP contribution in [0.25, 0.3) is 21.9 Å². The van der Waals surface area contributed by atoms with Crippen molar-refractivity contribution in [1.82, 2.24) is 25.2 Å². The lowest BCUT2D eigenvalue weighted by Crippen LogP contribution is -2.38. The second kappa shape index (κ2) is 8.77. The molecule has 4 rings (SSSR count). The molecule has 0 unspecified atom stereocenters. The van der Waals surface area contributed by atoms with Crippen LogP contribution in [0.3, 0.4) is 0 Å². The highest BCUT2D eigenvalue weighted by atomic mass is 19.1. The summed E-state index contributed by atoms with van der Waals surface area (Å²) in [6.07, 6.45) is 5.58. The summed E-state index contributed by atoms with van der Waals surface area (Å²) < 4.78 is 15.7. The predicted molar refractivity (Wildman–Crippen MR) is 116 cm³/mol. The minimum atomic E-state index is -0.213. The molecule has 3 N–H and O–H groups in total. The van der Waals surface area contributed by atoms with E-state index in [0.717, 1.165) is 65.9 Å². The first kappa shape index (κ1) is 19.0. The van der Waals surface area contributed by atoms with Crippen LogP contribution in [0.1, 0.15) is 12.0 Å². The largest absolute Gasteiger partial charge is 0.361 e. The van der Waals surface area contributed by atoms with Crippen LogP contribution in [0.5, 0.6) is 0 Å². The summed E-state index contributed by atoms with van der Waals surface area (Å²) in [5.41, 5.74) is 4.23. The van der Waals surface area contributed by atoms with Gasteiger partial charge in [0.1, 0.15) is 5.82 Å². The van der Waals surface area contributed by atoms with Crippen LogP contribution < -0.4 is 10.6 Å². The average Bonchev–Trinajstić information content (AvgIpc) is 3.34. The van der Waals surface area contributed by atoms with Gasteiger partial charge in [0.25, 0.3) is 0 Å². The Labute approximate surface area is 168 Å². The van der Waals surface area contributed by atoms with Crippen molar-refractivity contribution in [2.45, 2.75) is 19.4 Å². The van der Waals surface area contributed by atoms with Gasteiger partial charge in [0.05, 0.1) is 17.4 Å². The Morgan fingerprint density at radius 3 is 2.93 bits per heavy atom. The number of aliphatic imine (C=N–C) groups is 1. The van der Waals surface area contributed by atoms with E-state index in [9.17, 15) is 4.39 Å². The van der Waals surface area contributed by atoms with Gasteiger partial charge in [-0.05, 0) is 48.7 Å². The van der Waals surface area contributed by atoms with Crippen molar-refractivity contribution in [1.29, 1.82) is 0 Å². The number of aromatic nitrogens is 3. The molecule has 0 spiro atoms. The smallest absolute Gasteiger partial charge is 0.190 e. The number of para-hydroxylation sites is 2. The molecule has 29 heavy (non-hydrogen) atoms. The van der Waals surface area contributed by atoms with Crippen molar-refractivity contribution in [3.8, 4) is 0 Å². The van der Waals surface area contributed by atoms with Gasteiger partial charge in [-0.25, -0.2) is 9.37 Å². The molecular weight excluding hydrogens is 367 g/mol. The monoisotopic (exact) mass is 392 g/mol. The van der Waals surface area contributed by atoms with Crippen LogP contribution in [0, 0.1) is 5.82 Å². The zero-order valence-electron chi connectivity index (χ0n) is 16.5. The van der Waals surface area contributed by atoms with Crippen molar-refractivity contribution in [2.75, 3.05) is 20.1 Å². The van der Waals surface area contributed by atoms with Gasteiger partial charge >= 0.3 is 0 Å². The van der Waals surface area contributed by atoms with Crippen molar-refractivity contribution < 1.29 is 4.39 Å². The third-order valence-electron chi connectivity index (χ3n) is 5.04. The maximum absolute atomic E-state index is 13.5. The van der Waals surface area contributed by atoms with E-state index in [1.807, 2.05) is 30.7 Å². The number of aryl methyl sites for hydroxylation is 1. The molecule has 6 nitrogen and oxygen atoms in total. The number of benzene rings is 2. The number of H-pyrrole nitrogens is 1. The molecular formula is C22H25FN6. The molecule has 7 heteroatoms. The molecule has 2 heterocycles. The highest BCUT2D eigenvalue weighted by Gasteiger charge is 2.06. The highest BCUT2D eigenvalue weighted by Crippen LogP contribution is 2.19. The molecule has 0 atom stereocenters. The first-order chi connectivity index (χ1) is 14.2. The Kier molecular flexibility index (Phi) is 5.74. The summed E-state index contributed by atoms with van der Waals surface area (Å²) in [6.45, 7) is 2.42. The third kappa shape index (κ3) is 4.39. The fourth-order valence-corrected chi connectivity index (χ4v) is 3.54. The molecule has 0 saturated carbocycles. The van der Waals surface area contributed by atoms with Gasteiger partial charge < -0.3 is 20.2 Å². The number of hydrogen-bond acceptors (Lipinski definition) is 2. The van der Waals surface area contributed by atoms with Gasteiger partial charge in [-0.2, -0.15) is 0 Å². The molecule has 2 aromatic carbocycles. The Morgan fingerprint density at radius 1 is 1.17 bits per heavy atom. The Hall–Kier alpha value is -3.35. The zero-order valence-corrected chi connectivity index (χ0v) is 16.5. The van der Waals surface area contributed by atoms with E-state index in [1.54, 1.807) is 19.2 Å². The van der Waals surface area contributed by atoms with E-state index in [4.69, 9.17) is 0 Å². The second-order valence-corrected chi connectivity index (χ2v) is 6.96. The fourth-order valence-electron chi connectivity index (χ4n) is 3.54. The average molecular weight is 392 g/mol. The summed E-state index contributed by atoms with van der Waals surface area (Å²) >= 11 is 0. The van der Waals surface area contributed by atoms with E-state index < -0.39 is 0 Å². The van der Waals surface area contributed by atoms with Crippen LogP contribution in [-0.2, 0) is 13.0 Å². The van der Waals surface area contributed by atoms with Gasteiger partial charge in [-0.15, -0.1) is 0 Å². The third-order valence-corrected chi connectivity index (χ3v) is 5.04. The second-order valence-electron chi connectivity index (χ2n) is 6.96. The Balaban J connectivity index is 1.23. The molecule has 2 aromatic heterocycles. The van der Waals surface area contributed by atoms with Crippen LogP contribution in [0.15, 0.2) is 60.0 Å². The molecule has 0 bridgehead atoms. The molecule has 0 aliphatic rings. The first-order valence-electron chi connectivity index (χ1n) is 9.84. The zero-order chi connectivity index (χ0) is 20.1. The molecule has 0 amide bonds. The van der Waals surface area contributed by atoms with Crippen LogP contribution in [0.2, 0.25) is 0 Å². The van der Waals surface area contributed by atoms with Crippen LogP contribution >= 0.6 is 0 Å². The maximum Gasteiger partial charge on any atom is 0.190 e. The molecule has 0 aliphatic carbocycles. The number of aromatic amines is 1. The maximum atomic E-state index is 13.5. The van der Waals surface area contributed by atoms with E-state index in [2.05, 4.69) is 36.2 Å². The van der Waals surface area contributed by atoms with Gasteiger partial charge in [0.2, 0.25) is 0 Å². The molecule has 0 saturated heterocycles. The number of imidazole rings is 1. The lowest BCUT2D eigenvalue weighted by atomic mass is 10.1. The summed E-state index contributed by atoms with van der Waals surface area (Å²) in [7, 11) is 1.76. The van der Waals surface area contributed by atoms with Crippen LogP contribution in [-0.4, -0.2) is 40.6 Å². The summed E-state index contributed by atoms with van der Waals surface area (Å²) in [4.78, 5) is 11.9. The van der Waals surface area contributed by atoms with E-state index in [1.165, 1.54) is 6.07 Å². The highest BCUT2D eigenvalue weighted by molar-refractivity contribution is 5.83. The van der Waals surface area contributed by atoms with Gasteiger partial charge in [0, 0.05) is 43.8 Å². The van der Waals surface area contributed by atoms with Gasteiger partial charge in [0.15, 0.2) is 5.96 Å². The summed E-state index contributed by atoms with van der Waals surface area (Å²) in [6, 6.07) is 13.0. The Morgan fingerprint density at radius 2 is 2.03 bits per heavy atom. The molecule has 0 aliphatic heterocycles. The van der Waals surface area contributed by atoms with E-state index in [0.29, 0.717) is 0 Å². The normalized spacial score (nSPS) is 12.0. The predicted octanol–water partition coefficient (Wildman–Crippen LogP) is 3.45. The molecule has 150 valence electrons. The van der Waals surface area contributed by atoms with Crippen molar-refractivity contribution in [3.05, 3.63) is 66.4 Å². The standard InChI is InChI=1S/C22H25FN6/c1-24-22(25-10-4-12-29-15-28-20-5-2-3-6-21(20)29)26-11-9-16-14-27-19-8-7-17(23)13-18(16)19/h2-3,5-8,13-15,27H,4,9-12H2,1H3,(H2,24,25,26). The lowest BCUT2D eigenvalue weighted by Gasteiger charge is -2.12. The van der Waals surface area contributed by atoms with Gasteiger partial charge in [-0.3, -0.25) is 4.99 Å². The minimum absolute atomic E-state index is 0.213. The molecule has 0 fully saturated rings. The summed E-state index contributed by atoms with van der Waals surface area (Å²) in [5.74, 6) is 0.556. The SMILES string of the molecule is CN=C(NCCCn1cnc2ccccc21)NCCc1c[nH]c2ccc(F)cc12.